The predicted octanol–water partition coefficient (Wildman–Crippen LogP) is 4.64. The number of thiazole rings is 1. The molecule has 2 N–H and O–H groups in total. The van der Waals surface area contributed by atoms with E-state index in [-0.39, 0.29) is 5.66 Å². The Morgan fingerprint density at radius 1 is 1.22 bits per heavy atom. The Morgan fingerprint density at radius 3 is 2.44 bits per heavy atom. The molecule has 0 radical (unpaired) electrons. The van der Waals surface area contributed by atoms with Gasteiger partial charge in [-0.15, -0.1) is 11.3 Å². The van der Waals surface area contributed by atoms with E-state index < -0.39 is 0 Å². The molecule has 0 spiro atoms. The standard InChI is InChI=1S/C14H20N2S2/c1-3-9-14(15,10-4-2)16-11-7-5-6-8-12(11)18-13(16)17/h5-8H,3-4,9-10,15H2,1-2H3. The summed E-state index contributed by atoms with van der Waals surface area (Å²) in [6.07, 6.45) is 4.08. The average molecular weight is 280 g/mol. The van der Waals surface area contributed by atoms with Crippen molar-refractivity contribution in [2.75, 3.05) is 0 Å². The molecule has 2 aromatic rings. The first-order valence-corrected chi connectivity index (χ1v) is 7.75. The first-order chi connectivity index (χ1) is 8.62. The van der Waals surface area contributed by atoms with Crippen LogP contribution in [0.15, 0.2) is 24.3 Å². The fourth-order valence-electron chi connectivity index (χ4n) is 2.60. The zero-order valence-corrected chi connectivity index (χ0v) is 12.6. The smallest absolute Gasteiger partial charge is 0.163 e. The van der Waals surface area contributed by atoms with Gasteiger partial charge in [-0.05, 0) is 37.2 Å². The minimum absolute atomic E-state index is 0.333. The van der Waals surface area contributed by atoms with Gasteiger partial charge in [-0.1, -0.05) is 38.8 Å². The van der Waals surface area contributed by atoms with Gasteiger partial charge >= 0.3 is 0 Å². The Kier molecular flexibility index (Phi) is 4.20. The lowest BCUT2D eigenvalue weighted by atomic mass is 9.99. The van der Waals surface area contributed by atoms with Gasteiger partial charge in [0.25, 0.3) is 0 Å². The first kappa shape index (κ1) is 13.7. The Morgan fingerprint density at radius 2 is 1.83 bits per heavy atom. The third kappa shape index (κ3) is 2.37. The lowest BCUT2D eigenvalue weighted by Crippen LogP contribution is -2.42. The zero-order valence-electron chi connectivity index (χ0n) is 11.0. The van der Waals surface area contributed by atoms with Crippen molar-refractivity contribution < 1.29 is 0 Å². The number of para-hydroxylation sites is 1. The number of benzene rings is 1. The number of nitrogens with zero attached hydrogens (tertiary/aromatic N) is 1. The van der Waals surface area contributed by atoms with Gasteiger partial charge in [-0.2, -0.15) is 0 Å². The molecule has 0 aliphatic rings. The second kappa shape index (κ2) is 5.51. The maximum Gasteiger partial charge on any atom is 0.163 e. The van der Waals surface area contributed by atoms with Crippen molar-refractivity contribution in [1.82, 2.24) is 4.57 Å². The Hall–Kier alpha value is -0.710. The van der Waals surface area contributed by atoms with Crippen LogP contribution in [0, 0.1) is 3.95 Å². The van der Waals surface area contributed by atoms with Crippen LogP contribution in [0.3, 0.4) is 0 Å². The monoisotopic (exact) mass is 280 g/mol. The van der Waals surface area contributed by atoms with Crippen molar-refractivity contribution in [3.05, 3.63) is 28.2 Å². The molecule has 18 heavy (non-hydrogen) atoms. The largest absolute Gasteiger partial charge is 0.308 e. The molecular weight excluding hydrogens is 260 g/mol. The van der Waals surface area contributed by atoms with Crippen LogP contribution in [0.1, 0.15) is 39.5 Å². The van der Waals surface area contributed by atoms with Crippen molar-refractivity contribution >= 4 is 33.8 Å². The highest BCUT2D eigenvalue weighted by molar-refractivity contribution is 7.73. The topological polar surface area (TPSA) is 30.9 Å². The van der Waals surface area contributed by atoms with Gasteiger partial charge in [0.2, 0.25) is 0 Å². The van der Waals surface area contributed by atoms with Crippen molar-refractivity contribution in [2.45, 2.75) is 45.2 Å². The number of aromatic nitrogens is 1. The molecule has 0 unspecified atom stereocenters. The highest BCUT2D eigenvalue weighted by Gasteiger charge is 2.27. The van der Waals surface area contributed by atoms with E-state index in [1.165, 1.54) is 10.2 Å². The number of hydrogen-bond donors (Lipinski definition) is 1. The molecule has 4 heteroatoms. The number of nitrogens with two attached hydrogens (primary N) is 1. The van der Waals surface area contributed by atoms with E-state index in [9.17, 15) is 0 Å². The molecule has 0 aliphatic heterocycles. The van der Waals surface area contributed by atoms with Crippen molar-refractivity contribution in [2.24, 2.45) is 5.73 Å². The van der Waals surface area contributed by atoms with Gasteiger partial charge in [0.15, 0.2) is 3.95 Å². The lowest BCUT2D eigenvalue weighted by molar-refractivity contribution is 0.252. The molecule has 0 fully saturated rings. The molecular formula is C14H20N2S2. The van der Waals surface area contributed by atoms with Gasteiger partial charge in [-0.3, -0.25) is 0 Å². The molecule has 0 aliphatic carbocycles. The summed E-state index contributed by atoms with van der Waals surface area (Å²) in [5, 5.41) is 0. The van der Waals surface area contributed by atoms with Gasteiger partial charge in [0.1, 0.15) is 0 Å². The van der Waals surface area contributed by atoms with Crippen LogP contribution in [0.4, 0.5) is 0 Å². The molecule has 0 amide bonds. The van der Waals surface area contributed by atoms with E-state index >= 15 is 0 Å². The van der Waals surface area contributed by atoms with Crippen molar-refractivity contribution in [3.63, 3.8) is 0 Å². The van der Waals surface area contributed by atoms with Crippen LogP contribution in [0.5, 0.6) is 0 Å². The summed E-state index contributed by atoms with van der Waals surface area (Å²) in [6, 6.07) is 8.34. The van der Waals surface area contributed by atoms with Crippen molar-refractivity contribution in [3.8, 4) is 0 Å². The number of fused-ring (bicyclic) bond motifs is 1. The van der Waals surface area contributed by atoms with E-state index in [1.54, 1.807) is 11.3 Å². The fraction of sp³-hybridized carbons (Fsp3) is 0.500. The van der Waals surface area contributed by atoms with Crippen LogP contribution in [-0.2, 0) is 5.66 Å². The molecule has 1 aromatic heterocycles. The van der Waals surface area contributed by atoms with Gasteiger partial charge in [-0.25, -0.2) is 0 Å². The van der Waals surface area contributed by atoms with Gasteiger partial charge in [0, 0.05) is 0 Å². The van der Waals surface area contributed by atoms with E-state index in [1.807, 2.05) is 0 Å². The summed E-state index contributed by atoms with van der Waals surface area (Å²) in [6.45, 7) is 4.35. The minimum Gasteiger partial charge on any atom is -0.308 e. The predicted molar refractivity (Wildman–Crippen MR) is 82.6 cm³/mol. The maximum absolute atomic E-state index is 6.65. The van der Waals surface area contributed by atoms with Crippen LogP contribution >= 0.6 is 23.6 Å². The van der Waals surface area contributed by atoms with E-state index in [2.05, 4.69) is 42.7 Å². The average Bonchev–Trinajstić information content (AvgIpc) is 2.66. The van der Waals surface area contributed by atoms with Crippen LogP contribution in [0.2, 0.25) is 0 Å². The zero-order chi connectivity index (χ0) is 13.2. The third-order valence-corrected chi connectivity index (χ3v) is 4.65. The van der Waals surface area contributed by atoms with Crippen LogP contribution in [-0.4, -0.2) is 4.57 Å². The quantitative estimate of drug-likeness (QED) is 0.809. The highest BCUT2D eigenvalue weighted by atomic mass is 32.1. The van der Waals surface area contributed by atoms with Gasteiger partial charge < -0.3 is 10.3 Å². The second-order valence-corrected chi connectivity index (χ2v) is 6.45. The van der Waals surface area contributed by atoms with Crippen molar-refractivity contribution in [1.29, 1.82) is 0 Å². The normalized spacial score (nSPS) is 12.2. The Bertz CT molecular complexity index is 577. The van der Waals surface area contributed by atoms with Crippen LogP contribution < -0.4 is 5.73 Å². The summed E-state index contributed by atoms with van der Waals surface area (Å²) >= 11 is 7.19. The Balaban J connectivity index is 2.63. The Labute approximate surface area is 117 Å². The maximum atomic E-state index is 6.65. The molecule has 0 saturated carbocycles. The summed E-state index contributed by atoms with van der Waals surface area (Å²) in [5.74, 6) is 0. The summed E-state index contributed by atoms with van der Waals surface area (Å²) in [7, 11) is 0. The summed E-state index contributed by atoms with van der Waals surface area (Å²) in [5.41, 5.74) is 7.50. The summed E-state index contributed by atoms with van der Waals surface area (Å²) < 4.78 is 4.29. The second-order valence-electron chi connectivity index (χ2n) is 4.77. The fourth-order valence-corrected chi connectivity index (χ4v) is 4.12. The van der Waals surface area contributed by atoms with E-state index in [0.29, 0.717) is 0 Å². The summed E-state index contributed by atoms with van der Waals surface area (Å²) in [4.78, 5) is 0. The van der Waals surface area contributed by atoms with E-state index in [4.69, 9.17) is 18.0 Å². The minimum atomic E-state index is -0.333. The van der Waals surface area contributed by atoms with Gasteiger partial charge in [0.05, 0.1) is 15.9 Å². The lowest BCUT2D eigenvalue weighted by Gasteiger charge is -2.31. The molecule has 0 saturated heterocycles. The molecule has 1 heterocycles. The highest BCUT2D eigenvalue weighted by Crippen LogP contribution is 2.32. The molecule has 2 rings (SSSR count). The molecule has 98 valence electrons. The number of rotatable bonds is 5. The first-order valence-electron chi connectivity index (χ1n) is 6.52. The molecule has 1 aromatic carbocycles. The molecule has 2 nitrogen and oxygen atoms in total. The third-order valence-electron chi connectivity index (χ3n) is 3.30. The van der Waals surface area contributed by atoms with E-state index in [0.717, 1.165) is 29.6 Å². The molecule has 0 atom stereocenters. The van der Waals surface area contributed by atoms with Crippen LogP contribution in [0.25, 0.3) is 10.2 Å². The number of hydrogen-bond acceptors (Lipinski definition) is 3. The molecule has 0 bridgehead atoms. The SMILES string of the molecule is CCCC(N)(CCC)n1c(=S)sc2ccccc21.